The van der Waals surface area contributed by atoms with E-state index in [4.69, 9.17) is 18.9 Å². The summed E-state index contributed by atoms with van der Waals surface area (Å²) in [6.45, 7) is 4.97. The number of halogens is 3. The average Bonchev–Trinajstić information content (AvgIpc) is 3.63. The van der Waals surface area contributed by atoms with Crippen LogP contribution in [-0.2, 0) is 15.7 Å². The highest BCUT2D eigenvalue weighted by Gasteiger charge is 2.38. The van der Waals surface area contributed by atoms with Gasteiger partial charge in [-0.25, -0.2) is 4.79 Å². The lowest BCUT2D eigenvalue weighted by atomic mass is 10.0. The maximum atomic E-state index is 12.7. The number of alkyl halides is 3. The Labute approximate surface area is 214 Å². The molecule has 0 aromatic heterocycles. The third-order valence-electron chi connectivity index (χ3n) is 6.06. The molecule has 4 rings (SSSR count). The summed E-state index contributed by atoms with van der Waals surface area (Å²) in [4.78, 5) is 12.4. The minimum atomic E-state index is -4.44. The zero-order valence-electron chi connectivity index (χ0n) is 20.6. The third-order valence-corrected chi connectivity index (χ3v) is 6.06. The van der Waals surface area contributed by atoms with Crippen molar-refractivity contribution < 1.29 is 36.9 Å². The van der Waals surface area contributed by atoms with Crippen LogP contribution in [0.4, 0.5) is 13.2 Å². The van der Waals surface area contributed by atoms with Crippen LogP contribution in [0.15, 0.2) is 72.8 Å². The average molecular weight is 515 g/mol. The SMILES string of the molecule is CC1(CCOCCCCOc2ccc(-c3ccc(C(=O)Oc4ccc(C(F)(F)F)cc4)cc3)cc2)CO1. The smallest absolute Gasteiger partial charge is 0.416 e. The summed E-state index contributed by atoms with van der Waals surface area (Å²) in [6.07, 6.45) is -1.67. The second kappa shape index (κ2) is 11.8. The minimum absolute atomic E-state index is 0.0432. The molecule has 1 heterocycles. The molecule has 196 valence electrons. The first-order valence-electron chi connectivity index (χ1n) is 12.2. The topological polar surface area (TPSA) is 57.3 Å². The van der Waals surface area contributed by atoms with Crippen molar-refractivity contribution in [1.29, 1.82) is 0 Å². The van der Waals surface area contributed by atoms with Crippen molar-refractivity contribution in [3.05, 3.63) is 83.9 Å². The normalized spacial score (nSPS) is 16.9. The molecule has 0 radical (unpaired) electrons. The predicted octanol–water partition coefficient (Wildman–Crippen LogP) is 6.95. The number of esters is 1. The number of ether oxygens (including phenoxy) is 4. The molecule has 5 nitrogen and oxygen atoms in total. The number of unbranched alkanes of at least 4 members (excludes halogenated alkanes) is 1. The van der Waals surface area contributed by atoms with E-state index in [0.29, 0.717) is 18.8 Å². The van der Waals surface area contributed by atoms with Crippen molar-refractivity contribution >= 4 is 5.97 Å². The van der Waals surface area contributed by atoms with E-state index >= 15 is 0 Å². The van der Waals surface area contributed by atoms with E-state index in [1.165, 1.54) is 0 Å². The van der Waals surface area contributed by atoms with Crippen LogP contribution >= 0.6 is 0 Å². The molecule has 0 amide bonds. The second-order valence-corrected chi connectivity index (χ2v) is 9.17. The lowest BCUT2D eigenvalue weighted by molar-refractivity contribution is -0.137. The van der Waals surface area contributed by atoms with Crippen LogP contribution in [0, 0.1) is 0 Å². The van der Waals surface area contributed by atoms with Crippen LogP contribution in [0.2, 0.25) is 0 Å². The van der Waals surface area contributed by atoms with E-state index in [1.807, 2.05) is 24.3 Å². The highest BCUT2D eigenvalue weighted by molar-refractivity contribution is 5.91. The summed E-state index contributed by atoms with van der Waals surface area (Å²) < 4.78 is 60.0. The summed E-state index contributed by atoms with van der Waals surface area (Å²) in [6, 6.07) is 18.5. The fourth-order valence-electron chi connectivity index (χ4n) is 3.57. The van der Waals surface area contributed by atoms with E-state index < -0.39 is 17.7 Å². The molecule has 1 saturated heterocycles. The molecule has 37 heavy (non-hydrogen) atoms. The summed E-state index contributed by atoms with van der Waals surface area (Å²) in [5.74, 6) is 0.176. The van der Waals surface area contributed by atoms with E-state index in [1.54, 1.807) is 24.3 Å². The van der Waals surface area contributed by atoms with Crippen molar-refractivity contribution in [2.24, 2.45) is 0 Å². The molecule has 0 spiro atoms. The molecule has 0 bridgehead atoms. The Hall–Kier alpha value is -3.36. The summed E-state index contributed by atoms with van der Waals surface area (Å²) in [7, 11) is 0. The van der Waals surface area contributed by atoms with Crippen molar-refractivity contribution in [2.75, 3.05) is 26.4 Å². The lowest BCUT2D eigenvalue weighted by Crippen LogP contribution is -2.10. The van der Waals surface area contributed by atoms with Gasteiger partial charge in [-0.3, -0.25) is 0 Å². The van der Waals surface area contributed by atoms with Crippen molar-refractivity contribution in [2.45, 2.75) is 38.0 Å². The molecular formula is C29H29F3O5. The molecule has 1 fully saturated rings. The van der Waals surface area contributed by atoms with Gasteiger partial charge in [0, 0.05) is 19.6 Å². The largest absolute Gasteiger partial charge is 0.494 e. The maximum Gasteiger partial charge on any atom is 0.416 e. The minimum Gasteiger partial charge on any atom is -0.494 e. The highest BCUT2D eigenvalue weighted by Crippen LogP contribution is 2.31. The van der Waals surface area contributed by atoms with Crippen LogP contribution in [0.25, 0.3) is 11.1 Å². The highest BCUT2D eigenvalue weighted by atomic mass is 19.4. The number of epoxide rings is 1. The number of hydrogen-bond donors (Lipinski definition) is 0. The van der Waals surface area contributed by atoms with Gasteiger partial charge < -0.3 is 18.9 Å². The molecule has 1 atom stereocenters. The van der Waals surface area contributed by atoms with E-state index in [2.05, 4.69) is 6.92 Å². The zero-order chi connectivity index (χ0) is 26.3. The first kappa shape index (κ1) is 26.7. The molecule has 3 aromatic rings. The molecule has 1 unspecified atom stereocenters. The molecule has 3 aromatic carbocycles. The summed E-state index contributed by atoms with van der Waals surface area (Å²) in [5, 5.41) is 0. The molecule has 1 aliphatic heterocycles. The maximum absolute atomic E-state index is 12.7. The van der Waals surface area contributed by atoms with Crippen molar-refractivity contribution in [3.63, 3.8) is 0 Å². The Bertz CT molecular complexity index is 1150. The van der Waals surface area contributed by atoms with Gasteiger partial charge in [-0.15, -0.1) is 0 Å². The van der Waals surface area contributed by atoms with Gasteiger partial charge >= 0.3 is 12.1 Å². The number of rotatable bonds is 12. The van der Waals surface area contributed by atoms with Gasteiger partial charge in [0.15, 0.2) is 0 Å². The van der Waals surface area contributed by atoms with Gasteiger partial charge in [0.05, 0.1) is 29.9 Å². The summed E-state index contributed by atoms with van der Waals surface area (Å²) in [5.41, 5.74) is 1.39. The Morgan fingerprint density at radius 1 is 0.838 bits per heavy atom. The molecular weight excluding hydrogens is 485 g/mol. The standard InChI is InChI=1S/C29H29F3O5/c1-28(20-36-28)16-19-34-17-2-3-18-35-25-12-8-22(9-13-25)21-4-6-23(7-5-21)27(33)37-26-14-10-24(11-15-26)29(30,31)32/h4-15H,2-3,16-20H2,1H3. The monoisotopic (exact) mass is 514 g/mol. The number of carbonyl (C=O) groups is 1. The van der Waals surface area contributed by atoms with Gasteiger partial charge in [-0.2, -0.15) is 13.2 Å². The molecule has 8 heteroatoms. The van der Waals surface area contributed by atoms with E-state index in [-0.39, 0.29) is 11.4 Å². The van der Waals surface area contributed by atoms with E-state index in [9.17, 15) is 18.0 Å². The predicted molar refractivity (Wildman–Crippen MR) is 133 cm³/mol. The fourth-order valence-corrected chi connectivity index (χ4v) is 3.57. The van der Waals surface area contributed by atoms with Crippen molar-refractivity contribution in [3.8, 4) is 22.6 Å². The van der Waals surface area contributed by atoms with Gasteiger partial charge in [0.2, 0.25) is 0 Å². The van der Waals surface area contributed by atoms with E-state index in [0.717, 1.165) is 73.6 Å². The summed E-state index contributed by atoms with van der Waals surface area (Å²) >= 11 is 0. The second-order valence-electron chi connectivity index (χ2n) is 9.17. The fraction of sp³-hybridized carbons (Fsp3) is 0.345. The van der Waals surface area contributed by atoms with Gasteiger partial charge in [-0.05, 0) is 79.4 Å². The first-order chi connectivity index (χ1) is 17.7. The number of hydrogen-bond acceptors (Lipinski definition) is 5. The van der Waals surface area contributed by atoms with Crippen LogP contribution in [0.5, 0.6) is 11.5 Å². The van der Waals surface area contributed by atoms with Crippen LogP contribution in [0.1, 0.15) is 42.1 Å². The Morgan fingerprint density at radius 3 is 2.00 bits per heavy atom. The van der Waals surface area contributed by atoms with Crippen LogP contribution in [-0.4, -0.2) is 38.0 Å². The van der Waals surface area contributed by atoms with Gasteiger partial charge in [-0.1, -0.05) is 24.3 Å². The van der Waals surface area contributed by atoms with Crippen LogP contribution in [0.3, 0.4) is 0 Å². The van der Waals surface area contributed by atoms with Crippen LogP contribution < -0.4 is 9.47 Å². The third kappa shape index (κ3) is 8.06. The molecule has 0 saturated carbocycles. The molecule has 1 aliphatic rings. The Kier molecular flexibility index (Phi) is 8.51. The Balaban J connectivity index is 1.19. The molecule has 0 aliphatic carbocycles. The van der Waals surface area contributed by atoms with Gasteiger partial charge in [0.1, 0.15) is 11.5 Å². The van der Waals surface area contributed by atoms with Gasteiger partial charge in [0.25, 0.3) is 0 Å². The number of benzene rings is 3. The zero-order valence-corrected chi connectivity index (χ0v) is 20.6. The first-order valence-corrected chi connectivity index (χ1v) is 12.2. The lowest BCUT2D eigenvalue weighted by Gasteiger charge is -2.09. The quantitative estimate of drug-likeness (QED) is 0.113. The Morgan fingerprint density at radius 2 is 1.41 bits per heavy atom. The molecule has 0 N–H and O–H groups in total. The van der Waals surface area contributed by atoms with Crippen molar-refractivity contribution in [1.82, 2.24) is 0 Å². The number of carbonyl (C=O) groups excluding carboxylic acids is 1.